The van der Waals surface area contributed by atoms with Crippen LogP contribution in [0.3, 0.4) is 0 Å². The minimum atomic E-state index is -0.0481. The van der Waals surface area contributed by atoms with Crippen molar-refractivity contribution in [1.82, 2.24) is 15.5 Å². The van der Waals surface area contributed by atoms with E-state index in [1.54, 1.807) is 0 Å². The molecule has 1 fully saturated rings. The molecular formula is C17H35N3O2. The van der Waals surface area contributed by atoms with Gasteiger partial charge in [0.25, 0.3) is 0 Å². The van der Waals surface area contributed by atoms with Crippen LogP contribution in [0.25, 0.3) is 0 Å². The van der Waals surface area contributed by atoms with Crippen molar-refractivity contribution >= 4 is 6.03 Å². The molecule has 0 unspecified atom stereocenters. The number of rotatable bonds is 8. The quantitative estimate of drug-likeness (QED) is 0.603. The number of carbonyl (C=O) groups is 1. The van der Waals surface area contributed by atoms with Gasteiger partial charge in [0.1, 0.15) is 0 Å². The summed E-state index contributed by atoms with van der Waals surface area (Å²) in [5.41, 5.74) is 0. The number of hydrogen-bond donors (Lipinski definition) is 3. The van der Waals surface area contributed by atoms with E-state index >= 15 is 0 Å². The van der Waals surface area contributed by atoms with Crippen molar-refractivity contribution in [2.75, 3.05) is 19.7 Å². The van der Waals surface area contributed by atoms with E-state index in [1.807, 2.05) is 0 Å². The predicted molar refractivity (Wildman–Crippen MR) is 91.0 cm³/mol. The second-order valence-electron chi connectivity index (χ2n) is 7.08. The van der Waals surface area contributed by atoms with Crippen LogP contribution in [-0.4, -0.2) is 53.9 Å². The molecule has 22 heavy (non-hydrogen) atoms. The molecule has 0 bridgehead atoms. The molecule has 5 heteroatoms. The summed E-state index contributed by atoms with van der Waals surface area (Å²) >= 11 is 0. The fourth-order valence-electron chi connectivity index (χ4n) is 3.30. The Morgan fingerprint density at radius 2 is 1.73 bits per heavy atom. The lowest BCUT2D eigenvalue weighted by Gasteiger charge is -2.30. The van der Waals surface area contributed by atoms with Gasteiger partial charge in [0, 0.05) is 37.8 Å². The first kappa shape index (κ1) is 19.2. The molecule has 0 aromatic heterocycles. The summed E-state index contributed by atoms with van der Waals surface area (Å²) < 4.78 is 0. The fraction of sp³-hybridized carbons (Fsp3) is 0.941. The number of carbonyl (C=O) groups excluding carboxylic acids is 1. The molecule has 3 N–H and O–H groups in total. The minimum absolute atomic E-state index is 0.0481. The molecule has 1 saturated carbocycles. The number of nitrogens with one attached hydrogen (secondary N) is 2. The van der Waals surface area contributed by atoms with Crippen LogP contribution in [0.4, 0.5) is 4.79 Å². The third kappa shape index (κ3) is 6.97. The number of aliphatic hydroxyl groups excluding tert-OH is 1. The van der Waals surface area contributed by atoms with Gasteiger partial charge >= 0.3 is 6.03 Å². The first-order valence-corrected chi connectivity index (χ1v) is 8.85. The van der Waals surface area contributed by atoms with Crippen molar-refractivity contribution in [1.29, 1.82) is 0 Å². The van der Waals surface area contributed by atoms with Crippen LogP contribution in [0.1, 0.15) is 59.8 Å². The molecular weight excluding hydrogens is 278 g/mol. The Bertz CT molecular complexity index is 305. The standard InChI is InChI=1S/C17H35N3O2/c1-13(2)20(14(3)4)11-5-10-18-17(22)19-16-8-6-15(12-21)7-9-16/h13-16,21H,5-12H2,1-4H3,(H2,18,19,22). The molecule has 0 aliphatic heterocycles. The highest BCUT2D eigenvalue weighted by atomic mass is 16.3. The van der Waals surface area contributed by atoms with E-state index in [0.717, 1.165) is 38.6 Å². The SMILES string of the molecule is CC(C)N(CCCNC(=O)NC1CCC(CO)CC1)C(C)C. The Balaban J connectivity index is 2.13. The van der Waals surface area contributed by atoms with Gasteiger partial charge in [-0.15, -0.1) is 0 Å². The molecule has 1 aliphatic carbocycles. The van der Waals surface area contributed by atoms with E-state index in [0.29, 0.717) is 24.5 Å². The lowest BCUT2D eigenvalue weighted by Crippen LogP contribution is -2.45. The molecule has 0 saturated heterocycles. The van der Waals surface area contributed by atoms with E-state index in [-0.39, 0.29) is 18.7 Å². The number of amides is 2. The summed E-state index contributed by atoms with van der Waals surface area (Å²) in [4.78, 5) is 14.3. The van der Waals surface area contributed by atoms with Crippen LogP contribution in [0.2, 0.25) is 0 Å². The number of hydrogen-bond acceptors (Lipinski definition) is 3. The summed E-state index contributed by atoms with van der Waals surface area (Å²) in [6, 6.07) is 1.30. The van der Waals surface area contributed by atoms with Gasteiger partial charge in [-0.1, -0.05) is 0 Å². The van der Waals surface area contributed by atoms with E-state index in [4.69, 9.17) is 5.11 Å². The normalized spacial score (nSPS) is 22.4. The molecule has 0 aromatic rings. The van der Waals surface area contributed by atoms with E-state index in [2.05, 4.69) is 43.2 Å². The van der Waals surface area contributed by atoms with E-state index in [1.165, 1.54) is 0 Å². The summed E-state index contributed by atoms with van der Waals surface area (Å²) in [5, 5.41) is 15.1. The third-order valence-corrected chi connectivity index (χ3v) is 4.65. The van der Waals surface area contributed by atoms with Crippen molar-refractivity contribution in [3.63, 3.8) is 0 Å². The van der Waals surface area contributed by atoms with Crippen molar-refractivity contribution in [2.45, 2.75) is 77.9 Å². The largest absolute Gasteiger partial charge is 0.396 e. The summed E-state index contributed by atoms with van der Waals surface area (Å²) in [6.07, 6.45) is 4.96. The summed E-state index contributed by atoms with van der Waals surface area (Å²) in [5.74, 6) is 0.430. The number of aliphatic hydroxyl groups is 1. The maximum atomic E-state index is 11.9. The Morgan fingerprint density at radius 1 is 1.14 bits per heavy atom. The maximum absolute atomic E-state index is 11.9. The molecule has 1 aliphatic rings. The minimum Gasteiger partial charge on any atom is -0.396 e. The maximum Gasteiger partial charge on any atom is 0.315 e. The molecule has 0 spiro atoms. The van der Waals surface area contributed by atoms with Crippen molar-refractivity contribution in [3.05, 3.63) is 0 Å². The smallest absolute Gasteiger partial charge is 0.315 e. The molecule has 0 aromatic carbocycles. The molecule has 2 amide bonds. The highest BCUT2D eigenvalue weighted by Crippen LogP contribution is 2.23. The van der Waals surface area contributed by atoms with Crippen LogP contribution in [0.5, 0.6) is 0 Å². The molecule has 5 nitrogen and oxygen atoms in total. The second-order valence-corrected chi connectivity index (χ2v) is 7.08. The average Bonchev–Trinajstić information content (AvgIpc) is 2.47. The fourth-order valence-corrected chi connectivity index (χ4v) is 3.30. The van der Waals surface area contributed by atoms with Gasteiger partial charge in [-0.3, -0.25) is 4.90 Å². The Labute approximate surface area is 135 Å². The van der Waals surface area contributed by atoms with Gasteiger partial charge in [0.2, 0.25) is 0 Å². The number of urea groups is 1. The van der Waals surface area contributed by atoms with Gasteiger partial charge in [-0.05, 0) is 65.7 Å². The molecule has 1 rings (SSSR count). The van der Waals surface area contributed by atoms with Gasteiger partial charge in [0.15, 0.2) is 0 Å². The van der Waals surface area contributed by atoms with Crippen LogP contribution >= 0.6 is 0 Å². The lowest BCUT2D eigenvalue weighted by molar-refractivity contribution is 0.170. The molecule has 0 heterocycles. The Morgan fingerprint density at radius 3 is 2.23 bits per heavy atom. The molecule has 0 radical (unpaired) electrons. The van der Waals surface area contributed by atoms with E-state index < -0.39 is 0 Å². The van der Waals surface area contributed by atoms with Crippen molar-refractivity contribution in [3.8, 4) is 0 Å². The Kier molecular flexibility index (Phi) is 8.79. The van der Waals surface area contributed by atoms with Crippen LogP contribution < -0.4 is 10.6 Å². The summed E-state index contributed by atoms with van der Waals surface area (Å²) in [7, 11) is 0. The van der Waals surface area contributed by atoms with Gasteiger partial charge in [-0.2, -0.15) is 0 Å². The van der Waals surface area contributed by atoms with Crippen LogP contribution in [0.15, 0.2) is 0 Å². The zero-order valence-electron chi connectivity index (χ0n) is 14.8. The highest BCUT2D eigenvalue weighted by Gasteiger charge is 2.21. The number of nitrogens with zero attached hydrogens (tertiary/aromatic N) is 1. The zero-order valence-corrected chi connectivity index (χ0v) is 14.8. The molecule has 130 valence electrons. The van der Waals surface area contributed by atoms with Crippen molar-refractivity contribution < 1.29 is 9.90 Å². The average molecular weight is 313 g/mol. The third-order valence-electron chi connectivity index (χ3n) is 4.65. The van der Waals surface area contributed by atoms with Crippen molar-refractivity contribution in [2.24, 2.45) is 5.92 Å². The summed E-state index contributed by atoms with van der Waals surface area (Å²) in [6.45, 7) is 10.9. The first-order valence-electron chi connectivity index (χ1n) is 8.85. The predicted octanol–water partition coefficient (Wildman–Crippen LogP) is 2.35. The van der Waals surface area contributed by atoms with Gasteiger partial charge in [0.05, 0.1) is 0 Å². The van der Waals surface area contributed by atoms with Gasteiger partial charge in [-0.25, -0.2) is 4.79 Å². The zero-order chi connectivity index (χ0) is 16.5. The highest BCUT2D eigenvalue weighted by molar-refractivity contribution is 5.74. The topological polar surface area (TPSA) is 64.6 Å². The Hall–Kier alpha value is -0.810. The van der Waals surface area contributed by atoms with Crippen LogP contribution in [0, 0.1) is 5.92 Å². The first-order chi connectivity index (χ1) is 10.4. The van der Waals surface area contributed by atoms with E-state index in [9.17, 15) is 4.79 Å². The molecule has 0 atom stereocenters. The monoisotopic (exact) mass is 313 g/mol. The second kappa shape index (κ2) is 10.1. The lowest BCUT2D eigenvalue weighted by atomic mass is 9.87. The van der Waals surface area contributed by atoms with Gasteiger partial charge < -0.3 is 15.7 Å². The van der Waals surface area contributed by atoms with Crippen LogP contribution in [-0.2, 0) is 0 Å².